The highest BCUT2D eigenvalue weighted by atomic mass is 32.2. The van der Waals surface area contributed by atoms with Gasteiger partial charge in [-0.2, -0.15) is 4.31 Å². The van der Waals surface area contributed by atoms with Crippen LogP contribution in [0.1, 0.15) is 42.9 Å². The number of rotatable bonds is 10. The van der Waals surface area contributed by atoms with Crippen molar-refractivity contribution in [3.63, 3.8) is 0 Å². The molecule has 0 aromatic heterocycles. The van der Waals surface area contributed by atoms with Crippen LogP contribution in [0.5, 0.6) is 0 Å². The van der Waals surface area contributed by atoms with Crippen LogP contribution in [0.25, 0.3) is 0 Å². The minimum atomic E-state index is -3.80. The normalized spacial score (nSPS) is 21.6. The average Bonchev–Trinajstić information content (AvgIpc) is 3.00. The minimum Gasteiger partial charge on any atom is -0.381 e. The number of benzene rings is 3. The highest BCUT2D eigenvalue weighted by Gasteiger charge is 2.44. The Labute approximate surface area is 256 Å². The minimum absolute atomic E-state index is 0.181. The lowest BCUT2D eigenvalue weighted by Gasteiger charge is -2.41. The van der Waals surface area contributed by atoms with Gasteiger partial charge in [0.05, 0.1) is 10.9 Å². The van der Waals surface area contributed by atoms with Crippen molar-refractivity contribution in [1.29, 1.82) is 0 Å². The molecule has 0 aliphatic carbocycles. The van der Waals surface area contributed by atoms with Crippen molar-refractivity contribution < 1.29 is 31.1 Å². The molecule has 5 rings (SSSR count). The number of ether oxygens (including phenoxy) is 1. The summed E-state index contributed by atoms with van der Waals surface area (Å²) in [4.78, 5) is 13.9. The molecule has 236 valence electrons. The molecule has 2 saturated heterocycles. The molecule has 0 unspecified atom stereocenters. The quantitative estimate of drug-likeness (QED) is 0.348. The number of carbonyl (C=O) groups is 1. The lowest BCUT2D eigenvalue weighted by Crippen LogP contribution is -2.58. The summed E-state index contributed by atoms with van der Waals surface area (Å²) in [6, 6.07) is 14.1. The monoisotopic (exact) mass is 629 g/mol. The van der Waals surface area contributed by atoms with E-state index in [0.717, 1.165) is 6.07 Å². The summed E-state index contributed by atoms with van der Waals surface area (Å²) < 4.78 is 78.0. The van der Waals surface area contributed by atoms with Gasteiger partial charge in [0.2, 0.25) is 10.0 Å². The predicted octanol–water partition coefficient (Wildman–Crippen LogP) is 4.28. The van der Waals surface area contributed by atoms with Crippen LogP contribution in [0.4, 0.5) is 13.2 Å². The van der Waals surface area contributed by atoms with E-state index in [1.165, 1.54) is 28.6 Å². The van der Waals surface area contributed by atoms with Crippen LogP contribution in [0, 0.1) is 17.5 Å². The molecule has 3 atom stereocenters. The van der Waals surface area contributed by atoms with Crippen LogP contribution in [0.15, 0.2) is 71.6 Å². The second-order valence-corrected chi connectivity index (χ2v) is 13.6. The Balaban J connectivity index is 1.38. The first kappa shape index (κ1) is 32.3. The summed E-state index contributed by atoms with van der Waals surface area (Å²) in [5, 5.41) is 3.28. The zero-order chi connectivity index (χ0) is 31.5. The smallest absolute Gasteiger partial charge is 0.243 e. The Kier molecular flexibility index (Phi) is 9.91. The molecule has 0 amide bonds. The van der Waals surface area contributed by atoms with Gasteiger partial charge in [-0.3, -0.25) is 4.79 Å². The third-order valence-electron chi connectivity index (χ3n) is 9.01. The molecule has 3 aromatic carbocycles. The van der Waals surface area contributed by atoms with E-state index in [2.05, 4.69) is 5.32 Å². The van der Waals surface area contributed by atoms with Gasteiger partial charge in [-0.1, -0.05) is 30.3 Å². The van der Waals surface area contributed by atoms with Gasteiger partial charge >= 0.3 is 0 Å². The van der Waals surface area contributed by atoms with Gasteiger partial charge in [0.25, 0.3) is 0 Å². The molecule has 7 nitrogen and oxygen atoms in total. The highest BCUT2D eigenvalue weighted by Crippen LogP contribution is 2.39. The average molecular weight is 630 g/mol. The maximum Gasteiger partial charge on any atom is 0.243 e. The van der Waals surface area contributed by atoms with Crippen LogP contribution < -0.4 is 11.1 Å². The SMILES string of the molecule is C[C@@H]1CNC[C@H](CCc2c(F)cccc2CC(=O)[C@@H](N)C2(c3cc(F)cc(F)c3)CCOCC2)N1S(=O)(=O)c1ccccc1. The topological polar surface area (TPSA) is 102 Å². The van der Waals surface area contributed by atoms with E-state index in [4.69, 9.17) is 10.5 Å². The van der Waals surface area contributed by atoms with Gasteiger partial charge in [0.15, 0.2) is 5.78 Å². The number of sulfonamides is 1. The second-order valence-electron chi connectivity index (χ2n) is 11.8. The molecule has 2 fully saturated rings. The zero-order valence-corrected chi connectivity index (χ0v) is 25.5. The number of Topliss-reactive ketones (excluding diaryl/α,β-unsaturated/α-hetero) is 1. The summed E-state index contributed by atoms with van der Waals surface area (Å²) in [7, 11) is -3.80. The van der Waals surface area contributed by atoms with Crippen molar-refractivity contribution in [2.45, 2.75) is 67.5 Å². The van der Waals surface area contributed by atoms with Crippen LogP contribution in [-0.4, -0.2) is 62.9 Å². The van der Waals surface area contributed by atoms with Crippen LogP contribution in [0.2, 0.25) is 0 Å². The molecule has 0 bridgehead atoms. The Bertz CT molecular complexity index is 1560. The fourth-order valence-corrected chi connectivity index (χ4v) is 8.56. The largest absolute Gasteiger partial charge is 0.381 e. The van der Waals surface area contributed by atoms with E-state index in [9.17, 15) is 22.0 Å². The molecule has 3 N–H and O–H groups in total. The third kappa shape index (κ3) is 6.62. The van der Waals surface area contributed by atoms with Gasteiger partial charge in [-0.05, 0) is 79.6 Å². The van der Waals surface area contributed by atoms with Crippen molar-refractivity contribution in [3.8, 4) is 0 Å². The number of halogens is 3. The first-order chi connectivity index (χ1) is 21.0. The number of nitrogens with zero attached hydrogens (tertiary/aromatic N) is 1. The molecule has 0 saturated carbocycles. The summed E-state index contributed by atoms with van der Waals surface area (Å²) in [5.41, 5.74) is 6.63. The Morgan fingerprint density at radius 3 is 2.39 bits per heavy atom. The number of hydrogen-bond donors (Lipinski definition) is 2. The van der Waals surface area contributed by atoms with Crippen molar-refractivity contribution in [3.05, 3.63) is 101 Å². The Morgan fingerprint density at radius 2 is 1.70 bits per heavy atom. The number of piperazine rings is 1. The van der Waals surface area contributed by atoms with Crippen molar-refractivity contribution in [2.75, 3.05) is 26.3 Å². The molecule has 0 radical (unpaired) electrons. The number of ketones is 1. The summed E-state index contributed by atoms with van der Waals surface area (Å²) in [6.07, 6.45) is 0.939. The fraction of sp³-hybridized carbons (Fsp3) is 0.424. The van der Waals surface area contributed by atoms with Crippen molar-refractivity contribution in [1.82, 2.24) is 9.62 Å². The van der Waals surface area contributed by atoms with Crippen LogP contribution in [-0.2, 0) is 37.8 Å². The van der Waals surface area contributed by atoms with E-state index in [1.807, 2.05) is 6.92 Å². The van der Waals surface area contributed by atoms with E-state index in [0.29, 0.717) is 49.0 Å². The molecular weight excluding hydrogens is 591 g/mol. The molecule has 44 heavy (non-hydrogen) atoms. The maximum atomic E-state index is 15.3. The summed E-state index contributed by atoms with van der Waals surface area (Å²) in [6.45, 7) is 3.28. The van der Waals surface area contributed by atoms with E-state index in [-0.39, 0.29) is 42.8 Å². The number of nitrogens with one attached hydrogen (secondary N) is 1. The highest BCUT2D eigenvalue weighted by molar-refractivity contribution is 7.89. The molecule has 11 heteroatoms. The lowest BCUT2D eigenvalue weighted by atomic mass is 9.67. The molecule has 0 spiro atoms. The second kappa shape index (κ2) is 13.5. The van der Waals surface area contributed by atoms with Gasteiger partial charge < -0.3 is 15.8 Å². The van der Waals surface area contributed by atoms with E-state index >= 15 is 4.39 Å². The van der Waals surface area contributed by atoms with E-state index < -0.39 is 45.0 Å². The molecule has 2 heterocycles. The number of hydrogen-bond acceptors (Lipinski definition) is 6. The third-order valence-corrected chi connectivity index (χ3v) is 11.1. The Morgan fingerprint density at radius 1 is 1.02 bits per heavy atom. The standard InChI is InChI=1S/C33H38F3N3O4S/c1-22-20-38-21-27(39(22)44(41,42)28-7-3-2-4-8-28)10-11-29-23(6-5-9-30(29)36)16-31(40)32(37)33(12-14-43-15-13-33)24-17-25(34)19-26(35)18-24/h2-9,17-19,22,27,32,38H,10-16,20-21,37H2,1H3/t22-,27+,32-/m1/s1. The number of carbonyl (C=O) groups excluding carboxylic acids is 1. The van der Waals surface area contributed by atoms with Gasteiger partial charge in [-0.15, -0.1) is 0 Å². The van der Waals surface area contributed by atoms with Gasteiger partial charge in [-0.25, -0.2) is 21.6 Å². The lowest BCUT2D eigenvalue weighted by molar-refractivity contribution is -0.122. The van der Waals surface area contributed by atoms with Crippen LogP contribution in [0.3, 0.4) is 0 Å². The fourth-order valence-electron chi connectivity index (χ4n) is 6.70. The van der Waals surface area contributed by atoms with E-state index in [1.54, 1.807) is 36.4 Å². The summed E-state index contributed by atoms with van der Waals surface area (Å²) >= 11 is 0. The first-order valence-corrected chi connectivity index (χ1v) is 16.3. The molecule has 2 aliphatic rings. The molecular formula is C33H38F3N3O4S. The van der Waals surface area contributed by atoms with Crippen molar-refractivity contribution >= 4 is 15.8 Å². The van der Waals surface area contributed by atoms with Crippen LogP contribution >= 0.6 is 0 Å². The maximum absolute atomic E-state index is 15.3. The molecule has 2 aliphatic heterocycles. The number of nitrogens with two attached hydrogens (primary N) is 1. The molecule has 3 aromatic rings. The van der Waals surface area contributed by atoms with Crippen molar-refractivity contribution in [2.24, 2.45) is 5.73 Å². The summed E-state index contributed by atoms with van der Waals surface area (Å²) in [5.74, 6) is -2.39. The first-order valence-electron chi connectivity index (χ1n) is 14.9. The zero-order valence-electron chi connectivity index (χ0n) is 24.6. The van der Waals surface area contributed by atoms with Gasteiger partial charge in [0, 0.05) is 56.3 Å². The van der Waals surface area contributed by atoms with Gasteiger partial charge in [0.1, 0.15) is 17.5 Å². The predicted molar refractivity (Wildman–Crippen MR) is 161 cm³/mol. The Hall–Kier alpha value is -3.09.